The van der Waals surface area contributed by atoms with Gasteiger partial charge in [0, 0.05) is 19.3 Å². The number of Topliss-reactive ketones (excluding diaryl/α,β-unsaturated/α-hetero) is 1. The van der Waals surface area contributed by atoms with E-state index in [1.165, 1.54) is 193 Å². The second kappa shape index (κ2) is 43.2. The number of nitrogens with one attached hydrogen (secondary N) is 1. The van der Waals surface area contributed by atoms with Gasteiger partial charge in [0.15, 0.2) is 0 Å². The maximum absolute atomic E-state index is 12.4. The van der Waals surface area contributed by atoms with E-state index in [9.17, 15) is 14.7 Å². The summed E-state index contributed by atoms with van der Waals surface area (Å²) >= 11 is 0. The molecule has 0 saturated carbocycles. The highest BCUT2D eigenvalue weighted by Crippen LogP contribution is 2.16. The van der Waals surface area contributed by atoms with Crippen LogP contribution >= 0.6 is 0 Å². The van der Waals surface area contributed by atoms with Crippen LogP contribution < -0.4 is 5.32 Å². The molecule has 4 nitrogen and oxygen atoms in total. The van der Waals surface area contributed by atoms with Crippen LogP contribution in [0.1, 0.15) is 264 Å². The highest BCUT2D eigenvalue weighted by Gasteiger charge is 2.11. The molecule has 0 fully saturated rings. The van der Waals surface area contributed by atoms with E-state index < -0.39 is 0 Å². The van der Waals surface area contributed by atoms with Crippen molar-refractivity contribution in [3.8, 4) is 0 Å². The van der Waals surface area contributed by atoms with Crippen LogP contribution in [-0.4, -0.2) is 29.4 Å². The third-order valence-corrected chi connectivity index (χ3v) is 10.8. The van der Waals surface area contributed by atoms with Crippen molar-refractivity contribution in [2.24, 2.45) is 0 Å². The monoisotopic (exact) mass is 718 g/mol. The van der Waals surface area contributed by atoms with E-state index >= 15 is 0 Å². The van der Waals surface area contributed by atoms with Gasteiger partial charge < -0.3 is 10.4 Å². The molecular formula is C47H91NO3. The average Bonchev–Trinajstić information content (AvgIpc) is 3.13. The molecule has 0 bridgehead atoms. The molecule has 0 spiro atoms. The predicted octanol–water partition coefficient (Wildman–Crippen LogP) is 14.8. The Morgan fingerprint density at radius 1 is 0.431 bits per heavy atom. The molecule has 0 aliphatic rings. The van der Waals surface area contributed by atoms with Crippen LogP contribution in [0.3, 0.4) is 0 Å². The van der Waals surface area contributed by atoms with Crippen molar-refractivity contribution in [2.75, 3.05) is 6.61 Å². The first-order chi connectivity index (χ1) is 25.1. The second-order valence-electron chi connectivity index (χ2n) is 16.0. The van der Waals surface area contributed by atoms with Gasteiger partial charge in [-0.3, -0.25) is 9.59 Å². The zero-order valence-corrected chi connectivity index (χ0v) is 34.8. The number of carbonyl (C=O) groups is 2. The Bertz CT molecular complexity index is 735. The van der Waals surface area contributed by atoms with Crippen molar-refractivity contribution in [2.45, 2.75) is 270 Å². The summed E-state index contributed by atoms with van der Waals surface area (Å²) in [5, 5.41) is 12.8. The fourth-order valence-corrected chi connectivity index (χ4v) is 7.28. The molecule has 0 saturated heterocycles. The molecule has 4 heteroatoms. The molecule has 2 N–H and O–H groups in total. The molecule has 1 unspecified atom stereocenters. The van der Waals surface area contributed by atoms with Crippen molar-refractivity contribution >= 4 is 11.7 Å². The van der Waals surface area contributed by atoms with Crippen LogP contribution in [0.25, 0.3) is 0 Å². The molecule has 0 aromatic carbocycles. The summed E-state index contributed by atoms with van der Waals surface area (Å²) in [5.41, 5.74) is 0. The van der Waals surface area contributed by atoms with Crippen LogP contribution in [0.2, 0.25) is 0 Å². The molecule has 0 rings (SSSR count). The van der Waals surface area contributed by atoms with Gasteiger partial charge >= 0.3 is 0 Å². The van der Waals surface area contributed by atoms with E-state index in [0.717, 1.165) is 51.4 Å². The number of amides is 1. The lowest BCUT2D eigenvalue weighted by Crippen LogP contribution is -2.37. The lowest BCUT2D eigenvalue weighted by atomic mass is 10.0. The van der Waals surface area contributed by atoms with Crippen molar-refractivity contribution < 1.29 is 14.7 Å². The molecule has 0 aliphatic heterocycles. The first-order valence-electron chi connectivity index (χ1n) is 23.2. The van der Waals surface area contributed by atoms with E-state index in [4.69, 9.17) is 0 Å². The lowest BCUT2D eigenvalue weighted by molar-refractivity contribution is -0.122. The number of ketones is 1. The maximum Gasteiger partial charge on any atom is 0.220 e. The Labute approximate surface area is 320 Å². The van der Waals surface area contributed by atoms with E-state index in [0.29, 0.717) is 12.2 Å². The number of rotatable bonds is 43. The van der Waals surface area contributed by atoms with Gasteiger partial charge in [-0.2, -0.15) is 0 Å². The standard InChI is InChI=1S/C47H91NO3/c1-3-5-7-9-11-13-15-17-19-21-23-25-29-33-37-41-46(50)42-38-34-30-26-27-31-35-39-43-47(51)48-45(44-49)40-36-32-28-24-22-20-18-16-14-12-10-8-6-4-2/h17,19,45,49H,3-16,18,20-44H2,1-2H3,(H,48,51)/b19-17-. The van der Waals surface area contributed by atoms with Gasteiger partial charge in [0.05, 0.1) is 12.6 Å². The molecular weight excluding hydrogens is 627 g/mol. The molecule has 0 aromatic heterocycles. The van der Waals surface area contributed by atoms with Gasteiger partial charge in [-0.05, 0) is 51.4 Å². The fourth-order valence-electron chi connectivity index (χ4n) is 7.28. The van der Waals surface area contributed by atoms with Crippen molar-refractivity contribution in [1.29, 1.82) is 0 Å². The SMILES string of the molecule is CCCCCCCC/C=C\CCCCCCCC(=O)CCCCCCCCCCC(=O)NC(CO)CCCCCCCCCCCCCCCC. The minimum atomic E-state index is -0.0800. The number of hydrogen-bond donors (Lipinski definition) is 2. The van der Waals surface area contributed by atoms with Crippen molar-refractivity contribution in [1.82, 2.24) is 5.32 Å². The molecule has 0 radical (unpaired) electrons. The number of aliphatic hydroxyl groups is 1. The summed E-state index contributed by atoms with van der Waals surface area (Å²) < 4.78 is 0. The predicted molar refractivity (Wildman–Crippen MR) is 225 cm³/mol. The van der Waals surface area contributed by atoms with Gasteiger partial charge in [0.25, 0.3) is 0 Å². The number of aliphatic hydroxyl groups excluding tert-OH is 1. The lowest BCUT2D eigenvalue weighted by Gasteiger charge is -2.16. The van der Waals surface area contributed by atoms with Crippen LogP contribution in [0, 0.1) is 0 Å². The average molecular weight is 718 g/mol. The van der Waals surface area contributed by atoms with Gasteiger partial charge in [-0.15, -0.1) is 0 Å². The van der Waals surface area contributed by atoms with Crippen molar-refractivity contribution in [3.63, 3.8) is 0 Å². The normalized spacial score (nSPS) is 12.2. The quantitative estimate of drug-likeness (QED) is 0.0487. The largest absolute Gasteiger partial charge is 0.394 e. The maximum atomic E-state index is 12.4. The summed E-state index contributed by atoms with van der Waals surface area (Å²) in [7, 11) is 0. The smallest absolute Gasteiger partial charge is 0.220 e. The highest BCUT2D eigenvalue weighted by molar-refractivity contribution is 5.78. The van der Waals surface area contributed by atoms with Crippen LogP contribution in [0.5, 0.6) is 0 Å². The Balaban J connectivity index is 3.43. The minimum absolute atomic E-state index is 0.0491. The van der Waals surface area contributed by atoms with E-state index in [1.54, 1.807) is 0 Å². The Morgan fingerprint density at radius 2 is 0.745 bits per heavy atom. The molecule has 302 valence electrons. The number of hydrogen-bond acceptors (Lipinski definition) is 3. The summed E-state index contributed by atoms with van der Waals surface area (Å²) in [6, 6.07) is -0.0800. The third kappa shape index (κ3) is 41.5. The van der Waals surface area contributed by atoms with E-state index in [1.807, 2.05) is 0 Å². The fraction of sp³-hybridized carbons (Fsp3) is 0.915. The summed E-state index contributed by atoms with van der Waals surface area (Å²) in [6.07, 6.45) is 52.7. The van der Waals surface area contributed by atoms with Crippen LogP contribution in [0.15, 0.2) is 12.2 Å². The Hall–Kier alpha value is -1.16. The molecule has 0 heterocycles. The highest BCUT2D eigenvalue weighted by atomic mass is 16.3. The van der Waals surface area contributed by atoms with Gasteiger partial charge in [-0.1, -0.05) is 206 Å². The minimum Gasteiger partial charge on any atom is -0.394 e. The Morgan fingerprint density at radius 3 is 1.12 bits per heavy atom. The molecule has 1 atom stereocenters. The third-order valence-electron chi connectivity index (χ3n) is 10.8. The number of allylic oxidation sites excluding steroid dienone is 2. The summed E-state index contributed by atoms with van der Waals surface area (Å²) in [6.45, 7) is 4.61. The zero-order chi connectivity index (χ0) is 37.1. The van der Waals surface area contributed by atoms with Gasteiger partial charge in [0.1, 0.15) is 5.78 Å². The zero-order valence-electron chi connectivity index (χ0n) is 34.8. The summed E-state index contributed by atoms with van der Waals surface area (Å²) in [5.74, 6) is 0.569. The first kappa shape index (κ1) is 49.8. The molecule has 0 aliphatic carbocycles. The van der Waals surface area contributed by atoms with Gasteiger partial charge in [-0.25, -0.2) is 0 Å². The van der Waals surface area contributed by atoms with Gasteiger partial charge in [0.2, 0.25) is 5.91 Å². The Kier molecular flexibility index (Phi) is 42.3. The molecule has 51 heavy (non-hydrogen) atoms. The number of carbonyl (C=O) groups excluding carboxylic acids is 2. The topological polar surface area (TPSA) is 66.4 Å². The summed E-state index contributed by atoms with van der Waals surface area (Å²) in [4.78, 5) is 24.6. The van der Waals surface area contributed by atoms with E-state index in [2.05, 4.69) is 31.3 Å². The van der Waals surface area contributed by atoms with Crippen LogP contribution in [-0.2, 0) is 9.59 Å². The van der Waals surface area contributed by atoms with E-state index in [-0.39, 0.29) is 18.6 Å². The van der Waals surface area contributed by atoms with Crippen LogP contribution in [0.4, 0.5) is 0 Å². The van der Waals surface area contributed by atoms with Crippen molar-refractivity contribution in [3.05, 3.63) is 12.2 Å². The molecule has 0 aromatic rings. The first-order valence-corrected chi connectivity index (χ1v) is 23.2. The second-order valence-corrected chi connectivity index (χ2v) is 16.0. The number of unbranched alkanes of at least 4 members (excludes halogenated alkanes) is 31. The molecule has 1 amide bonds.